The Morgan fingerprint density at radius 1 is 1.00 bits per heavy atom. The molecule has 0 atom stereocenters. The fourth-order valence-corrected chi connectivity index (χ4v) is 4.09. The van der Waals surface area contributed by atoms with Gasteiger partial charge in [0.25, 0.3) is 5.91 Å². The summed E-state index contributed by atoms with van der Waals surface area (Å²) in [5, 5.41) is 2.62. The zero-order valence-corrected chi connectivity index (χ0v) is 21.1. The van der Waals surface area contributed by atoms with Crippen molar-refractivity contribution in [1.82, 2.24) is 24.5 Å². The van der Waals surface area contributed by atoms with Crippen molar-refractivity contribution in [2.45, 2.75) is 26.4 Å². The van der Waals surface area contributed by atoms with Crippen LogP contribution in [0.4, 0.5) is 18.9 Å². The van der Waals surface area contributed by atoms with Crippen LogP contribution in [0.5, 0.6) is 0 Å². The van der Waals surface area contributed by atoms with Crippen molar-refractivity contribution >= 4 is 11.6 Å². The number of nitrogens with one attached hydrogen (secondary N) is 1. The maximum absolute atomic E-state index is 13.6. The molecule has 39 heavy (non-hydrogen) atoms. The van der Waals surface area contributed by atoms with Crippen molar-refractivity contribution in [2.24, 2.45) is 0 Å². The third-order valence-electron chi connectivity index (χ3n) is 6.14. The number of halogens is 3. The number of pyridine rings is 1. The maximum Gasteiger partial charge on any atom is 0.416 e. The minimum Gasteiger partial charge on any atom is -0.322 e. The SMILES string of the molecule is Cc1cn(-c2cc(NC(=O)c3ccc(C)c(Cc4nccc(-c5cccnc5)n4)c3)cc(C(F)(F)F)c2)cn1. The summed E-state index contributed by atoms with van der Waals surface area (Å²) in [6, 6.07) is 14.1. The zero-order chi connectivity index (χ0) is 27.6. The first kappa shape index (κ1) is 25.8. The molecule has 0 radical (unpaired) electrons. The van der Waals surface area contributed by atoms with Crippen molar-refractivity contribution < 1.29 is 18.0 Å². The minimum absolute atomic E-state index is 0.0193. The number of hydrogen-bond acceptors (Lipinski definition) is 5. The lowest BCUT2D eigenvalue weighted by molar-refractivity contribution is -0.137. The Morgan fingerprint density at radius 3 is 2.56 bits per heavy atom. The molecule has 196 valence electrons. The predicted molar refractivity (Wildman–Crippen MR) is 141 cm³/mol. The third kappa shape index (κ3) is 6.01. The lowest BCUT2D eigenvalue weighted by atomic mass is 10.0. The molecule has 7 nitrogen and oxygen atoms in total. The number of nitrogens with zero attached hydrogens (tertiary/aromatic N) is 5. The molecule has 0 aliphatic carbocycles. The highest BCUT2D eigenvalue weighted by Gasteiger charge is 2.31. The van der Waals surface area contributed by atoms with Gasteiger partial charge in [0, 0.05) is 53.7 Å². The molecule has 0 saturated carbocycles. The van der Waals surface area contributed by atoms with E-state index in [1.165, 1.54) is 17.0 Å². The summed E-state index contributed by atoms with van der Waals surface area (Å²) in [7, 11) is 0. The van der Waals surface area contributed by atoms with Crippen molar-refractivity contribution in [2.75, 3.05) is 5.32 Å². The average Bonchev–Trinajstić information content (AvgIpc) is 3.36. The molecule has 3 aromatic heterocycles. The van der Waals surface area contributed by atoms with Crippen molar-refractivity contribution in [3.05, 3.63) is 119 Å². The van der Waals surface area contributed by atoms with E-state index >= 15 is 0 Å². The fraction of sp³-hybridized carbons (Fsp3) is 0.138. The Kier molecular flexibility index (Phi) is 6.93. The van der Waals surface area contributed by atoms with Crippen LogP contribution in [0.15, 0.2) is 85.7 Å². The van der Waals surface area contributed by atoms with Crippen LogP contribution < -0.4 is 5.32 Å². The molecule has 0 bridgehead atoms. The molecule has 0 aliphatic rings. The van der Waals surface area contributed by atoms with Crippen LogP contribution in [-0.2, 0) is 12.6 Å². The number of anilines is 1. The lowest BCUT2D eigenvalue weighted by Gasteiger charge is -2.14. The first-order valence-electron chi connectivity index (χ1n) is 12.0. The monoisotopic (exact) mass is 528 g/mol. The number of aryl methyl sites for hydroxylation is 2. The summed E-state index contributed by atoms with van der Waals surface area (Å²) in [5.74, 6) is 0.0310. The van der Waals surface area contributed by atoms with E-state index in [9.17, 15) is 18.0 Å². The molecule has 2 aromatic carbocycles. The van der Waals surface area contributed by atoms with Gasteiger partial charge in [-0.05, 0) is 73.5 Å². The first-order valence-corrected chi connectivity index (χ1v) is 12.0. The molecule has 0 unspecified atom stereocenters. The van der Waals surface area contributed by atoms with Gasteiger partial charge >= 0.3 is 6.18 Å². The highest BCUT2D eigenvalue weighted by atomic mass is 19.4. The number of hydrogen-bond donors (Lipinski definition) is 1. The summed E-state index contributed by atoms with van der Waals surface area (Å²) < 4.78 is 42.3. The van der Waals surface area contributed by atoms with Crippen LogP contribution in [0.2, 0.25) is 0 Å². The predicted octanol–water partition coefficient (Wildman–Crippen LogP) is 6.20. The second-order valence-corrected chi connectivity index (χ2v) is 9.06. The molecule has 0 fully saturated rings. The molecule has 5 aromatic rings. The molecule has 3 heterocycles. The number of aromatic nitrogens is 5. The van der Waals surface area contributed by atoms with Crippen LogP contribution in [0, 0.1) is 13.8 Å². The summed E-state index contributed by atoms with van der Waals surface area (Å²) in [4.78, 5) is 30.3. The fourth-order valence-electron chi connectivity index (χ4n) is 4.09. The number of rotatable bonds is 6. The molecule has 5 rings (SSSR count). The molecule has 1 N–H and O–H groups in total. The molecule has 1 amide bonds. The Morgan fingerprint density at radius 2 is 1.85 bits per heavy atom. The molecule has 0 spiro atoms. The summed E-state index contributed by atoms with van der Waals surface area (Å²) in [6.45, 7) is 3.65. The standard InChI is InChI=1S/C29H23F3N6O/c1-18-5-6-20(10-22(18)11-27-34-9-7-26(37-27)21-4-3-8-33-15-21)28(39)36-24-12-23(29(30,31)32)13-25(14-24)38-16-19(2)35-17-38/h3-10,12-17H,11H2,1-2H3,(H,36,39). The van der Waals surface area contributed by atoms with Gasteiger partial charge in [-0.1, -0.05) is 6.07 Å². The van der Waals surface area contributed by atoms with Gasteiger partial charge in [-0.2, -0.15) is 13.2 Å². The summed E-state index contributed by atoms with van der Waals surface area (Å²) in [5.41, 5.74) is 3.67. The van der Waals surface area contributed by atoms with Crippen LogP contribution in [0.1, 0.15) is 38.6 Å². The molecule has 10 heteroatoms. The van der Waals surface area contributed by atoms with Crippen molar-refractivity contribution in [3.8, 4) is 16.9 Å². The smallest absolute Gasteiger partial charge is 0.322 e. The first-order chi connectivity index (χ1) is 18.7. The largest absolute Gasteiger partial charge is 0.416 e. The van der Waals surface area contributed by atoms with E-state index in [2.05, 4.69) is 25.3 Å². The van der Waals surface area contributed by atoms with E-state index < -0.39 is 17.6 Å². The highest BCUT2D eigenvalue weighted by Crippen LogP contribution is 2.33. The molecular weight excluding hydrogens is 505 g/mol. The minimum atomic E-state index is -4.59. The van der Waals surface area contributed by atoms with Gasteiger partial charge in [0.15, 0.2) is 0 Å². The van der Waals surface area contributed by atoms with Gasteiger partial charge in [-0.25, -0.2) is 15.0 Å². The van der Waals surface area contributed by atoms with Crippen LogP contribution in [-0.4, -0.2) is 30.4 Å². The van der Waals surface area contributed by atoms with Crippen molar-refractivity contribution in [3.63, 3.8) is 0 Å². The van der Waals surface area contributed by atoms with Gasteiger partial charge in [-0.15, -0.1) is 0 Å². The van der Waals surface area contributed by atoms with E-state index in [-0.39, 0.29) is 11.4 Å². The highest BCUT2D eigenvalue weighted by molar-refractivity contribution is 6.04. The van der Waals surface area contributed by atoms with Gasteiger partial charge < -0.3 is 9.88 Å². The topological polar surface area (TPSA) is 85.6 Å². The van der Waals surface area contributed by atoms with Gasteiger partial charge in [-0.3, -0.25) is 9.78 Å². The maximum atomic E-state index is 13.6. The number of benzene rings is 2. The Hall–Kier alpha value is -4.86. The molecule has 0 saturated heterocycles. The van der Waals surface area contributed by atoms with Crippen LogP contribution >= 0.6 is 0 Å². The second-order valence-electron chi connectivity index (χ2n) is 9.06. The van der Waals surface area contributed by atoms with E-state index in [1.54, 1.807) is 56.0 Å². The number of imidazole rings is 1. The van der Waals surface area contributed by atoms with Crippen LogP contribution in [0.3, 0.4) is 0 Å². The van der Waals surface area contributed by atoms with E-state index in [0.717, 1.165) is 34.5 Å². The van der Waals surface area contributed by atoms with Gasteiger partial charge in [0.1, 0.15) is 5.82 Å². The van der Waals surface area contributed by atoms with E-state index in [0.29, 0.717) is 23.5 Å². The summed E-state index contributed by atoms with van der Waals surface area (Å²) in [6.07, 6.45) is 3.89. The van der Waals surface area contributed by atoms with Crippen molar-refractivity contribution in [1.29, 1.82) is 0 Å². The molecule has 0 aliphatic heterocycles. The number of alkyl halides is 3. The van der Waals surface area contributed by atoms with Crippen LogP contribution in [0.25, 0.3) is 16.9 Å². The van der Waals surface area contributed by atoms with E-state index in [4.69, 9.17) is 0 Å². The quantitative estimate of drug-likeness (QED) is 0.284. The molecular formula is C29H23F3N6O. The zero-order valence-electron chi connectivity index (χ0n) is 21.1. The third-order valence-corrected chi connectivity index (χ3v) is 6.14. The normalized spacial score (nSPS) is 11.4. The Bertz CT molecular complexity index is 1650. The second kappa shape index (κ2) is 10.5. The number of carbonyl (C=O) groups excluding carboxylic acids is 1. The van der Waals surface area contributed by atoms with Gasteiger partial charge in [0.2, 0.25) is 0 Å². The lowest BCUT2D eigenvalue weighted by Crippen LogP contribution is -2.14. The van der Waals surface area contributed by atoms with E-state index in [1.807, 2.05) is 19.1 Å². The Balaban J connectivity index is 1.41. The van der Waals surface area contributed by atoms with Gasteiger partial charge in [0.05, 0.1) is 23.3 Å². The number of amides is 1. The number of carbonyl (C=O) groups is 1. The average molecular weight is 529 g/mol. The summed E-state index contributed by atoms with van der Waals surface area (Å²) >= 11 is 0. The Labute approximate surface area is 222 Å².